The summed E-state index contributed by atoms with van der Waals surface area (Å²) in [6, 6.07) is 16.6. The first-order valence-corrected chi connectivity index (χ1v) is 16.3. The lowest BCUT2D eigenvalue weighted by atomic mass is 9.77. The molecule has 1 aliphatic heterocycles. The molecule has 0 N–H and O–H groups in total. The van der Waals surface area contributed by atoms with Gasteiger partial charge in [0.25, 0.3) is 0 Å². The van der Waals surface area contributed by atoms with Crippen LogP contribution in [0.5, 0.6) is 5.75 Å². The number of piperidine rings is 1. The van der Waals surface area contributed by atoms with Crippen molar-refractivity contribution >= 4 is 11.9 Å². The maximum Gasteiger partial charge on any atom is 0.311 e. The topological polar surface area (TPSA) is 55.8 Å². The van der Waals surface area contributed by atoms with Crippen LogP contribution in [0.3, 0.4) is 0 Å². The van der Waals surface area contributed by atoms with Gasteiger partial charge in [-0.2, -0.15) is 0 Å². The summed E-state index contributed by atoms with van der Waals surface area (Å²) < 4.78 is 11.3. The molecule has 5 heteroatoms. The van der Waals surface area contributed by atoms with Gasteiger partial charge in [0.2, 0.25) is 0 Å². The molecule has 1 saturated carbocycles. The minimum absolute atomic E-state index is 0.00209. The van der Waals surface area contributed by atoms with Crippen molar-refractivity contribution < 1.29 is 19.1 Å². The van der Waals surface area contributed by atoms with E-state index in [2.05, 4.69) is 70.8 Å². The number of esters is 2. The van der Waals surface area contributed by atoms with Gasteiger partial charge in [-0.05, 0) is 101 Å². The molecule has 0 amide bonds. The van der Waals surface area contributed by atoms with Crippen molar-refractivity contribution in [2.45, 2.75) is 135 Å². The van der Waals surface area contributed by atoms with Gasteiger partial charge < -0.3 is 9.47 Å². The lowest BCUT2D eigenvalue weighted by molar-refractivity contribution is -0.160. The van der Waals surface area contributed by atoms with Gasteiger partial charge in [-0.1, -0.05) is 69.0 Å². The molecule has 2 aromatic rings. The number of nitrogens with zero attached hydrogens (tertiary/aromatic N) is 1. The van der Waals surface area contributed by atoms with E-state index in [4.69, 9.17) is 9.47 Å². The van der Waals surface area contributed by atoms with Crippen molar-refractivity contribution in [3.63, 3.8) is 0 Å². The van der Waals surface area contributed by atoms with Crippen molar-refractivity contribution in [3.8, 4) is 16.9 Å². The second-order valence-electron chi connectivity index (χ2n) is 14.0. The van der Waals surface area contributed by atoms with Crippen molar-refractivity contribution in [3.05, 3.63) is 54.1 Å². The van der Waals surface area contributed by atoms with Crippen LogP contribution in [-0.2, 0) is 14.3 Å². The van der Waals surface area contributed by atoms with Crippen molar-refractivity contribution in [2.75, 3.05) is 7.05 Å². The van der Waals surface area contributed by atoms with Gasteiger partial charge in [0, 0.05) is 23.9 Å². The normalized spacial score (nSPS) is 22.4. The van der Waals surface area contributed by atoms with Gasteiger partial charge in [-0.15, -0.1) is 0 Å². The number of rotatable bonds is 11. The first kappa shape index (κ1) is 32.3. The lowest BCUT2D eigenvalue weighted by Crippen LogP contribution is -2.60. The third-order valence-corrected chi connectivity index (χ3v) is 9.97. The van der Waals surface area contributed by atoms with Crippen LogP contribution in [0.4, 0.5) is 0 Å². The molecule has 2 aliphatic rings. The standard InChI is InChI=1S/C37H53NO4/c1-7-8-9-10-27-11-13-28(14-12-27)29-15-17-30(18-16-29)31-19-21-32(22-20-31)41-34(39)23-24-35(40)42-33-25-36(2,3)38(6)37(4,5)26-33/h15-22,27-28,33H,7-14,23-26H2,1-6H3/t27-,28-. The number of ether oxygens (including phenoxy) is 2. The zero-order valence-electron chi connectivity index (χ0n) is 26.9. The van der Waals surface area contributed by atoms with Crippen LogP contribution in [0, 0.1) is 5.92 Å². The van der Waals surface area contributed by atoms with Crippen LogP contribution >= 0.6 is 0 Å². The van der Waals surface area contributed by atoms with E-state index in [9.17, 15) is 9.59 Å². The number of hydrogen-bond acceptors (Lipinski definition) is 5. The molecule has 0 aromatic heterocycles. The van der Waals surface area contributed by atoms with E-state index >= 15 is 0 Å². The largest absolute Gasteiger partial charge is 0.462 e. The fraction of sp³-hybridized carbons (Fsp3) is 0.622. The predicted molar refractivity (Wildman–Crippen MR) is 171 cm³/mol. The maximum absolute atomic E-state index is 12.5. The SMILES string of the molecule is CCCCC[C@H]1CC[C@H](c2ccc(-c3ccc(OC(=O)CCC(=O)OC4CC(C)(C)N(C)C(C)(C)C4)cc3)cc2)CC1. The zero-order valence-corrected chi connectivity index (χ0v) is 26.9. The summed E-state index contributed by atoms with van der Waals surface area (Å²) in [5, 5.41) is 0. The molecule has 0 unspecified atom stereocenters. The van der Waals surface area contributed by atoms with Gasteiger partial charge in [-0.3, -0.25) is 14.5 Å². The number of benzene rings is 2. The summed E-state index contributed by atoms with van der Waals surface area (Å²) in [7, 11) is 2.12. The van der Waals surface area contributed by atoms with Gasteiger partial charge in [-0.25, -0.2) is 0 Å². The average Bonchev–Trinajstić information content (AvgIpc) is 2.96. The van der Waals surface area contributed by atoms with Crippen LogP contribution in [0.2, 0.25) is 0 Å². The third kappa shape index (κ3) is 8.69. The van der Waals surface area contributed by atoms with E-state index in [0.717, 1.165) is 29.9 Å². The number of hydrogen-bond donors (Lipinski definition) is 0. The van der Waals surface area contributed by atoms with E-state index in [1.807, 2.05) is 24.3 Å². The van der Waals surface area contributed by atoms with Gasteiger partial charge in [0.05, 0.1) is 12.8 Å². The van der Waals surface area contributed by atoms with Crippen molar-refractivity contribution in [1.29, 1.82) is 0 Å². The van der Waals surface area contributed by atoms with Crippen LogP contribution in [0.15, 0.2) is 48.5 Å². The highest BCUT2D eigenvalue weighted by Gasteiger charge is 2.44. The second kappa shape index (κ2) is 14.2. The highest BCUT2D eigenvalue weighted by molar-refractivity contribution is 5.79. The fourth-order valence-electron chi connectivity index (χ4n) is 7.13. The highest BCUT2D eigenvalue weighted by Crippen LogP contribution is 2.39. The Balaban J connectivity index is 1.20. The minimum atomic E-state index is -0.423. The molecule has 0 radical (unpaired) electrons. The molecule has 42 heavy (non-hydrogen) atoms. The highest BCUT2D eigenvalue weighted by atomic mass is 16.5. The number of unbranched alkanes of at least 4 members (excludes halogenated alkanes) is 2. The molecule has 230 valence electrons. The molecule has 2 fully saturated rings. The number of likely N-dealkylation sites (tertiary alicyclic amines) is 1. The zero-order chi connectivity index (χ0) is 30.3. The van der Waals surface area contributed by atoms with Crippen LogP contribution in [-0.4, -0.2) is 41.1 Å². The van der Waals surface area contributed by atoms with Crippen molar-refractivity contribution in [1.82, 2.24) is 4.90 Å². The second-order valence-corrected chi connectivity index (χ2v) is 14.0. The molecule has 0 bridgehead atoms. The molecule has 0 atom stereocenters. The quantitative estimate of drug-likeness (QED) is 0.152. The molecule has 0 spiro atoms. The number of carbonyl (C=O) groups is 2. The summed E-state index contributed by atoms with van der Waals surface area (Å²) in [4.78, 5) is 27.3. The van der Waals surface area contributed by atoms with Crippen LogP contribution < -0.4 is 4.74 Å². The summed E-state index contributed by atoms with van der Waals surface area (Å²) in [5.74, 6) is 1.34. The van der Waals surface area contributed by atoms with Gasteiger partial charge in [0.1, 0.15) is 11.9 Å². The molecule has 5 nitrogen and oxygen atoms in total. The van der Waals surface area contributed by atoms with Crippen LogP contribution in [0.1, 0.15) is 123 Å². The van der Waals surface area contributed by atoms with Gasteiger partial charge in [0.15, 0.2) is 0 Å². The lowest BCUT2D eigenvalue weighted by Gasteiger charge is -2.53. The Bertz CT molecular complexity index is 1140. The molecule has 1 heterocycles. The van der Waals surface area contributed by atoms with Crippen LogP contribution in [0.25, 0.3) is 11.1 Å². The first-order chi connectivity index (χ1) is 20.0. The Hall–Kier alpha value is -2.66. The Kier molecular flexibility index (Phi) is 10.9. The smallest absolute Gasteiger partial charge is 0.311 e. The molecular formula is C37H53NO4. The minimum Gasteiger partial charge on any atom is -0.462 e. The number of carbonyl (C=O) groups excluding carboxylic acids is 2. The molecule has 2 aromatic carbocycles. The first-order valence-electron chi connectivity index (χ1n) is 16.3. The average molecular weight is 576 g/mol. The van der Waals surface area contributed by atoms with Crippen molar-refractivity contribution in [2.24, 2.45) is 5.92 Å². The summed E-state index contributed by atoms with van der Waals surface area (Å²) in [5.41, 5.74) is 3.58. The molecule has 1 saturated heterocycles. The van der Waals surface area contributed by atoms with Gasteiger partial charge >= 0.3 is 11.9 Å². The molecule has 4 rings (SSSR count). The summed E-state index contributed by atoms with van der Waals surface area (Å²) >= 11 is 0. The summed E-state index contributed by atoms with van der Waals surface area (Å²) in [6.07, 6.45) is 12.3. The maximum atomic E-state index is 12.5. The monoisotopic (exact) mass is 575 g/mol. The van der Waals surface area contributed by atoms with E-state index in [1.54, 1.807) is 0 Å². The Labute approximate surface area is 254 Å². The Morgan fingerprint density at radius 1 is 0.786 bits per heavy atom. The molecular weight excluding hydrogens is 522 g/mol. The summed E-state index contributed by atoms with van der Waals surface area (Å²) in [6.45, 7) is 11.0. The fourth-order valence-corrected chi connectivity index (χ4v) is 7.13. The van der Waals surface area contributed by atoms with E-state index in [-0.39, 0.29) is 36.0 Å². The van der Waals surface area contributed by atoms with E-state index in [0.29, 0.717) is 11.7 Å². The third-order valence-electron chi connectivity index (χ3n) is 9.97. The van der Waals surface area contributed by atoms with E-state index in [1.165, 1.54) is 56.9 Å². The van der Waals surface area contributed by atoms with E-state index < -0.39 is 5.97 Å². The Morgan fingerprint density at radius 3 is 1.90 bits per heavy atom. The predicted octanol–water partition coefficient (Wildman–Crippen LogP) is 9.09. The Morgan fingerprint density at radius 2 is 1.33 bits per heavy atom. The molecule has 1 aliphatic carbocycles.